The number of aryl methyl sites for hydroxylation is 1. The number of methoxy groups -OCH3 is 1. The summed E-state index contributed by atoms with van der Waals surface area (Å²) in [5.41, 5.74) is 3.79. The molecule has 1 spiro atoms. The molecule has 1 saturated heterocycles. The van der Waals surface area contributed by atoms with Crippen LogP contribution in [0.25, 0.3) is 11.0 Å². The minimum absolute atomic E-state index is 0.00443. The first-order valence-corrected chi connectivity index (χ1v) is 12.4. The van der Waals surface area contributed by atoms with Gasteiger partial charge in [0.05, 0.1) is 30.4 Å². The molecule has 0 atom stereocenters. The number of hydrogen-bond donors (Lipinski definition) is 1. The normalized spacial score (nSPS) is 23.2. The molecule has 0 bridgehead atoms. The number of hydrogen-bond acceptors (Lipinski definition) is 7. The summed E-state index contributed by atoms with van der Waals surface area (Å²) in [6.45, 7) is 0.523. The molecule has 0 radical (unpaired) electrons. The first kappa shape index (κ1) is 22.6. The number of carbonyl (C=O) groups is 2. The first-order chi connectivity index (χ1) is 17.5. The number of nitrogens with zero attached hydrogens (tertiary/aromatic N) is 3. The zero-order chi connectivity index (χ0) is 24.7. The predicted molar refractivity (Wildman–Crippen MR) is 133 cm³/mol. The Hall–Kier alpha value is -3.88. The summed E-state index contributed by atoms with van der Waals surface area (Å²) in [5.74, 6) is 1.57. The Balaban J connectivity index is 1.09. The van der Waals surface area contributed by atoms with Gasteiger partial charge >= 0.3 is 6.09 Å². The lowest BCUT2D eigenvalue weighted by Gasteiger charge is -2.35. The fourth-order valence-electron chi connectivity index (χ4n) is 5.55. The smallest absolute Gasteiger partial charge is 0.415 e. The lowest BCUT2D eigenvalue weighted by atomic mass is 9.76. The van der Waals surface area contributed by atoms with Crippen molar-refractivity contribution in [3.05, 3.63) is 48.2 Å². The average molecular weight is 489 g/mol. The molecular formula is C27H28N4O5. The van der Waals surface area contributed by atoms with E-state index in [1.165, 1.54) is 5.56 Å². The van der Waals surface area contributed by atoms with Crippen LogP contribution >= 0.6 is 0 Å². The molecule has 186 valence electrons. The van der Waals surface area contributed by atoms with E-state index in [0.29, 0.717) is 35.5 Å². The number of carbonyl (C=O) groups excluding carboxylic acids is 2. The van der Waals surface area contributed by atoms with Gasteiger partial charge in [-0.1, -0.05) is 0 Å². The van der Waals surface area contributed by atoms with Gasteiger partial charge in [-0.2, -0.15) is 0 Å². The second-order valence-corrected chi connectivity index (χ2v) is 9.83. The summed E-state index contributed by atoms with van der Waals surface area (Å²) < 4.78 is 16.7. The number of fused-ring (bicyclic) bond motifs is 2. The molecule has 36 heavy (non-hydrogen) atoms. The maximum atomic E-state index is 12.8. The molecule has 9 nitrogen and oxygen atoms in total. The van der Waals surface area contributed by atoms with Crippen LogP contribution in [0.2, 0.25) is 0 Å². The minimum Gasteiger partial charge on any atom is -0.482 e. The molecule has 2 amide bonds. The van der Waals surface area contributed by atoms with Crippen LogP contribution in [0.1, 0.15) is 37.7 Å². The molecule has 9 heteroatoms. The van der Waals surface area contributed by atoms with Gasteiger partial charge in [-0.25, -0.2) is 9.78 Å². The molecule has 0 unspecified atom stereocenters. The fraction of sp³-hybridized carbons (Fsp3) is 0.407. The molecule has 3 aliphatic rings. The number of pyridine rings is 2. The number of aromatic nitrogens is 2. The van der Waals surface area contributed by atoms with Crippen LogP contribution < -0.4 is 19.7 Å². The third-order valence-corrected chi connectivity index (χ3v) is 7.57. The number of benzene rings is 1. The zero-order valence-corrected chi connectivity index (χ0v) is 20.2. The summed E-state index contributed by atoms with van der Waals surface area (Å²) in [6, 6.07) is 11.2. The molecular weight excluding hydrogens is 460 g/mol. The molecule has 1 aliphatic carbocycles. The van der Waals surface area contributed by atoms with Gasteiger partial charge in [0.15, 0.2) is 6.61 Å². The quantitative estimate of drug-likeness (QED) is 0.565. The predicted octanol–water partition coefficient (Wildman–Crippen LogP) is 4.49. The van der Waals surface area contributed by atoms with Crippen LogP contribution in [0.15, 0.2) is 42.6 Å². The summed E-state index contributed by atoms with van der Waals surface area (Å²) in [5, 5.41) is 2.80. The third kappa shape index (κ3) is 4.19. The Kier molecular flexibility index (Phi) is 5.62. The molecule has 2 aromatic heterocycles. The molecule has 4 heterocycles. The number of amides is 2. The maximum Gasteiger partial charge on any atom is 0.415 e. The van der Waals surface area contributed by atoms with E-state index in [-0.39, 0.29) is 18.6 Å². The number of rotatable bonds is 5. The van der Waals surface area contributed by atoms with Crippen molar-refractivity contribution in [3.8, 4) is 11.6 Å². The van der Waals surface area contributed by atoms with E-state index < -0.39 is 5.60 Å². The second kappa shape index (κ2) is 8.96. The molecule has 1 aromatic carbocycles. The third-order valence-electron chi connectivity index (χ3n) is 7.57. The Labute approximate surface area is 208 Å². The van der Waals surface area contributed by atoms with Crippen molar-refractivity contribution in [1.82, 2.24) is 9.97 Å². The molecule has 2 fully saturated rings. The summed E-state index contributed by atoms with van der Waals surface area (Å²) in [7, 11) is 1.62. The maximum absolute atomic E-state index is 12.8. The average Bonchev–Trinajstić information content (AvgIpc) is 3.23. The minimum atomic E-state index is -0.457. The second-order valence-electron chi connectivity index (χ2n) is 9.83. The molecule has 1 N–H and O–H groups in total. The topological polar surface area (TPSA) is 103 Å². The van der Waals surface area contributed by atoms with E-state index in [1.807, 2.05) is 30.5 Å². The Morgan fingerprint density at radius 2 is 2.03 bits per heavy atom. The van der Waals surface area contributed by atoms with Gasteiger partial charge in [0, 0.05) is 18.0 Å². The van der Waals surface area contributed by atoms with Crippen LogP contribution in [0.5, 0.6) is 11.6 Å². The monoisotopic (exact) mass is 488 g/mol. The van der Waals surface area contributed by atoms with Gasteiger partial charge in [-0.15, -0.1) is 0 Å². The number of nitrogens with one attached hydrogen (secondary N) is 1. The highest BCUT2D eigenvalue weighted by atomic mass is 16.6. The lowest BCUT2D eigenvalue weighted by Crippen LogP contribution is -2.38. The molecule has 2 aliphatic heterocycles. The number of anilines is 2. The highest BCUT2D eigenvalue weighted by molar-refractivity contribution is 5.97. The van der Waals surface area contributed by atoms with Crippen molar-refractivity contribution >= 4 is 34.4 Å². The lowest BCUT2D eigenvalue weighted by molar-refractivity contribution is -0.118. The van der Waals surface area contributed by atoms with E-state index in [4.69, 9.17) is 14.2 Å². The summed E-state index contributed by atoms with van der Waals surface area (Å²) >= 11 is 0. The Morgan fingerprint density at radius 1 is 1.17 bits per heavy atom. The van der Waals surface area contributed by atoms with E-state index in [9.17, 15) is 9.59 Å². The van der Waals surface area contributed by atoms with Crippen LogP contribution in [0.3, 0.4) is 0 Å². The first-order valence-electron chi connectivity index (χ1n) is 12.4. The van der Waals surface area contributed by atoms with Gasteiger partial charge in [-0.3, -0.25) is 14.7 Å². The highest BCUT2D eigenvalue weighted by Gasteiger charge is 2.47. The van der Waals surface area contributed by atoms with E-state index in [1.54, 1.807) is 24.1 Å². The standard InChI is InChI=1S/C27H28N4O5/c1-34-24-7-5-20-25(30-24)18(10-13-28-20)3-2-17-8-11-27(12-9-17)16-31(26(33)36-27)19-4-6-22-21(14-19)29-23(32)15-35-22/h4-7,10,13-14,17H,2-3,8-9,11-12,15-16H2,1H3,(H,29,32). The van der Waals surface area contributed by atoms with Gasteiger partial charge in [0.2, 0.25) is 5.88 Å². The molecule has 1 saturated carbocycles. The van der Waals surface area contributed by atoms with Crippen molar-refractivity contribution in [2.75, 3.05) is 30.5 Å². The van der Waals surface area contributed by atoms with Gasteiger partial charge in [0.1, 0.15) is 11.4 Å². The summed E-state index contributed by atoms with van der Waals surface area (Å²) in [4.78, 5) is 35.2. The SMILES string of the molecule is COc1ccc2nccc(CCC3CCC4(CC3)CN(c3ccc5c(c3)NC(=O)CO5)C(=O)O4)c2n1. The van der Waals surface area contributed by atoms with Gasteiger partial charge < -0.3 is 19.5 Å². The largest absolute Gasteiger partial charge is 0.482 e. The number of ether oxygens (including phenoxy) is 3. The highest BCUT2D eigenvalue weighted by Crippen LogP contribution is 2.43. The van der Waals surface area contributed by atoms with Crippen LogP contribution in [-0.4, -0.2) is 47.8 Å². The Morgan fingerprint density at radius 3 is 2.86 bits per heavy atom. The van der Waals surface area contributed by atoms with Gasteiger partial charge in [0.25, 0.3) is 5.91 Å². The fourth-order valence-corrected chi connectivity index (χ4v) is 5.55. The van der Waals surface area contributed by atoms with E-state index in [2.05, 4.69) is 15.3 Å². The van der Waals surface area contributed by atoms with Crippen LogP contribution in [-0.2, 0) is 16.0 Å². The van der Waals surface area contributed by atoms with Crippen molar-refractivity contribution in [2.45, 2.75) is 44.1 Å². The van der Waals surface area contributed by atoms with Gasteiger partial charge in [-0.05, 0) is 80.3 Å². The van der Waals surface area contributed by atoms with E-state index in [0.717, 1.165) is 49.6 Å². The Bertz CT molecular complexity index is 1330. The van der Waals surface area contributed by atoms with Crippen molar-refractivity contribution in [2.24, 2.45) is 5.92 Å². The zero-order valence-electron chi connectivity index (χ0n) is 20.2. The molecule has 3 aromatic rings. The van der Waals surface area contributed by atoms with Crippen molar-refractivity contribution in [3.63, 3.8) is 0 Å². The van der Waals surface area contributed by atoms with E-state index >= 15 is 0 Å². The molecule has 6 rings (SSSR count). The summed E-state index contributed by atoms with van der Waals surface area (Å²) in [6.07, 6.45) is 7.18. The van der Waals surface area contributed by atoms with Crippen molar-refractivity contribution in [1.29, 1.82) is 0 Å². The van der Waals surface area contributed by atoms with Crippen LogP contribution in [0.4, 0.5) is 16.2 Å². The van der Waals surface area contributed by atoms with Crippen molar-refractivity contribution < 1.29 is 23.8 Å². The van der Waals surface area contributed by atoms with Crippen LogP contribution in [0, 0.1) is 5.92 Å².